The zero-order chi connectivity index (χ0) is 12.3. The highest BCUT2D eigenvalue weighted by atomic mass is 32.1. The molecule has 2 heterocycles. The molecular weight excluding hydrogens is 232 g/mol. The van der Waals surface area contributed by atoms with E-state index in [0.717, 1.165) is 35.5 Å². The van der Waals surface area contributed by atoms with Crippen molar-refractivity contribution in [2.24, 2.45) is 0 Å². The van der Waals surface area contributed by atoms with E-state index in [2.05, 4.69) is 47.3 Å². The number of aromatic nitrogens is 2. The Morgan fingerprint density at radius 1 is 1.35 bits per heavy atom. The van der Waals surface area contributed by atoms with Crippen LogP contribution in [0.4, 0.5) is 5.82 Å². The topological polar surface area (TPSA) is 41.0 Å². The molecule has 0 aliphatic rings. The van der Waals surface area contributed by atoms with Crippen molar-refractivity contribution in [2.45, 2.75) is 13.3 Å². The highest BCUT2D eigenvalue weighted by Gasteiger charge is 2.07. The molecule has 0 saturated heterocycles. The third-order valence-electron chi connectivity index (χ3n) is 2.58. The van der Waals surface area contributed by atoms with Gasteiger partial charge in [0.1, 0.15) is 17.0 Å². The summed E-state index contributed by atoms with van der Waals surface area (Å²) in [5.41, 5.74) is 0. The number of fused-ring (bicyclic) bond motifs is 1. The molecule has 1 N–H and O–H groups in total. The van der Waals surface area contributed by atoms with E-state index in [1.54, 1.807) is 17.7 Å². The summed E-state index contributed by atoms with van der Waals surface area (Å²) in [6.45, 7) is 4.06. The fraction of sp³-hybridized carbons (Fsp3) is 0.500. The van der Waals surface area contributed by atoms with Crippen LogP contribution >= 0.6 is 11.3 Å². The van der Waals surface area contributed by atoms with Crippen molar-refractivity contribution >= 4 is 27.4 Å². The van der Waals surface area contributed by atoms with Crippen LogP contribution in [0.25, 0.3) is 10.2 Å². The molecule has 2 rings (SSSR count). The molecule has 5 heteroatoms. The van der Waals surface area contributed by atoms with Crippen LogP contribution < -0.4 is 5.32 Å². The van der Waals surface area contributed by atoms with Gasteiger partial charge in [-0.15, -0.1) is 11.3 Å². The molecule has 0 aromatic carbocycles. The van der Waals surface area contributed by atoms with Crippen LogP contribution in [0.3, 0.4) is 0 Å². The molecule has 0 aliphatic heterocycles. The summed E-state index contributed by atoms with van der Waals surface area (Å²) >= 11 is 1.75. The van der Waals surface area contributed by atoms with Gasteiger partial charge in [-0.05, 0) is 26.6 Å². The van der Waals surface area contributed by atoms with E-state index in [-0.39, 0.29) is 0 Å². The van der Waals surface area contributed by atoms with Crippen LogP contribution in [0.15, 0.2) is 12.4 Å². The summed E-state index contributed by atoms with van der Waals surface area (Å²) in [7, 11) is 4.13. The predicted octanol–water partition coefficient (Wildman–Crippen LogP) is 2.23. The summed E-state index contributed by atoms with van der Waals surface area (Å²) in [6.07, 6.45) is 2.69. The summed E-state index contributed by atoms with van der Waals surface area (Å²) < 4.78 is 0. The van der Waals surface area contributed by atoms with Crippen LogP contribution in [0, 0.1) is 0 Å². The van der Waals surface area contributed by atoms with Crippen molar-refractivity contribution in [1.82, 2.24) is 14.9 Å². The van der Waals surface area contributed by atoms with Gasteiger partial charge >= 0.3 is 0 Å². The first-order valence-electron chi connectivity index (χ1n) is 5.82. The first-order valence-corrected chi connectivity index (χ1v) is 6.64. The SMILES string of the molecule is CCc1cc2c(NCCN(C)C)ncnc2s1. The monoisotopic (exact) mass is 250 g/mol. The zero-order valence-corrected chi connectivity index (χ0v) is 11.3. The molecular formula is C12H18N4S. The molecule has 0 unspecified atom stereocenters. The smallest absolute Gasteiger partial charge is 0.138 e. The molecule has 2 aromatic rings. The highest BCUT2D eigenvalue weighted by molar-refractivity contribution is 7.18. The number of likely N-dealkylation sites (N-methyl/N-ethyl adjacent to an activating group) is 1. The Kier molecular flexibility index (Phi) is 3.91. The molecule has 0 radical (unpaired) electrons. The number of aryl methyl sites for hydroxylation is 1. The standard InChI is InChI=1S/C12H18N4S/c1-4-9-7-10-11(13-5-6-16(2)3)14-8-15-12(10)17-9/h7-8H,4-6H2,1-3H3,(H,13,14,15). The number of hydrogen-bond acceptors (Lipinski definition) is 5. The van der Waals surface area contributed by atoms with Gasteiger partial charge in [-0.25, -0.2) is 9.97 Å². The van der Waals surface area contributed by atoms with Gasteiger partial charge in [0.2, 0.25) is 0 Å². The average Bonchev–Trinajstić information content (AvgIpc) is 2.72. The highest BCUT2D eigenvalue weighted by Crippen LogP contribution is 2.28. The maximum absolute atomic E-state index is 4.32. The van der Waals surface area contributed by atoms with Gasteiger partial charge in [0.25, 0.3) is 0 Å². The van der Waals surface area contributed by atoms with Gasteiger partial charge in [-0.1, -0.05) is 6.92 Å². The molecule has 0 saturated carbocycles. The number of nitrogens with one attached hydrogen (secondary N) is 1. The van der Waals surface area contributed by atoms with E-state index in [1.807, 2.05) is 0 Å². The minimum atomic E-state index is 0.899. The summed E-state index contributed by atoms with van der Waals surface area (Å²) in [4.78, 5) is 13.2. The number of thiophene rings is 1. The third kappa shape index (κ3) is 2.92. The van der Waals surface area contributed by atoms with Crippen molar-refractivity contribution in [3.8, 4) is 0 Å². The first kappa shape index (κ1) is 12.3. The lowest BCUT2D eigenvalue weighted by atomic mass is 10.3. The molecule has 4 nitrogen and oxygen atoms in total. The molecule has 0 aliphatic carbocycles. The van der Waals surface area contributed by atoms with Crippen molar-refractivity contribution in [2.75, 3.05) is 32.5 Å². The van der Waals surface area contributed by atoms with Crippen LogP contribution in [0.2, 0.25) is 0 Å². The summed E-state index contributed by atoms with van der Waals surface area (Å²) in [5.74, 6) is 0.952. The van der Waals surface area contributed by atoms with Gasteiger partial charge < -0.3 is 10.2 Å². The lowest BCUT2D eigenvalue weighted by Crippen LogP contribution is -2.21. The van der Waals surface area contributed by atoms with E-state index >= 15 is 0 Å². The Morgan fingerprint density at radius 2 is 2.18 bits per heavy atom. The minimum Gasteiger partial charge on any atom is -0.368 e. The Hall–Kier alpha value is -1.20. The second kappa shape index (κ2) is 5.42. The van der Waals surface area contributed by atoms with Crippen molar-refractivity contribution < 1.29 is 0 Å². The normalized spacial score (nSPS) is 11.3. The van der Waals surface area contributed by atoms with Crippen LogP contribution in [-0.4, -0.2) is 42.1 Å². The van der Waals surface area contributed by atoms with Gasteiger partial charge in [0, 0.05) is 18.0 Å². The molecule has 17 heavy (non-hydrogen) atoms. The van der Waals surface area contributed by atoms with Gasteiger partial charge in [-0.3, -0.25) is 0 Å². The molecule has 0 amide bonds. The van der Waals surface area contributed by atoms with Gasteiger partial charge in [0.15, 0.2) is 0 Å². The Morgan fingerprint density at radius 3 is 2.88 bits per heavy atom. The maximum atomic E-state index is 4.32. The third-order valence-corrected chi connectivity index (χ3v) is 3.77. The Bertz CT molecular complexity index is 492. The Balaban J connectivity index is 2.18. The van der Waals surface area contributed by atoms with Crippen LogP contribution in [0.1, 0.15) is 11.8 Å². The summed E-state index contributed by atoms with van der Waals surface area (Å²) in [6, 6.07) is 2.19. The number of nitrogens with zero attached hydrogens (tertiary/aromatic N) is 3. The molecule has 2 aromatic heterocycles. The number of hydrogen-bond donors (Lipinski definition) is 1. The minimum absolute atomic E-state index is 0.899. The second-order valence-corrected chi connectivity index (χ2v) is 5.35. The molecule has 92 valence electrons. The van der Waals surface area contributed by atoms with Crippen molar-refractivity contribution in [3.05, 3.63) is 17.3 Å². The Labute approximate surface area is 106 Å². The molecule has 0 fully saturated rings. The van der Waals surface area contributed by atoms with E-state index < -0.39 is 0 Å². The molecule has 0 bridgehead atoms. The van der Waals surface area contributed by atoms with E-state index in [9.17, 15) is 0 Å². The lowest BCUT2D eigenvalue weighted by molar-refractivity contribution is 0.425. The van der Waals surface area contributed by atoms with E-state index in [1.165, 1.54) is 4.88 Å². The van der Waals surface area contributed by atoms with Gasteiger partial charge in [0.05, 0.1) is 5.39 Å². The van der Waals surface area contributed by atoms with Crippen LogP contribution in [0.5, 0.6) is 0 Å². The fourth-order valence-electron chi connectivity index (χ4n) is 1.62. The second-order valence-electron chi connectivity index (χ2n) is 4.24. The number of rotatable bonds is 5. The van der Waals surface area contributed by atoms with E-state index in [0.29, 0.717) is 0 Å². The molecule has 0 spiro atoms. The largest absolute Gasteiger partial charge is 0.368 e. The molecule has 0 atom stereocenters. The zero-order valence-electron chi connectivity index (χ0n) is 10.5. The maximum Gasteiger partial charge on any atom is 0.138 e. The summed E-state index contributed by atoms with van der Waals surface area (Å²) in [5, 5.41) is 4.52. The predicted molar refractivity (Wildman–Crippen MR) is 73.8 cm³/mol. The van der Waals surface area contributed by atoms with Crippen molar-refractivity contribution in [1.29, 1.82) is 0 Å². The van der Waals surface area contributed by atoms with E-state index in [4.69, 9.17) is 0 Å². The first-order chi connectivity index (χ1) is 8.20. The number of anilines is 1. The average molecular weight is 250 g/mol. The lowest BCUT2D eigenvalue weighted by Gasteiger charge is -2.10. The fourth-order valence-corrected chi connectivity index (χ4v) is 2.55. The quantitative estimate of drug-likeness (QED) is 0.883. The van der Waals surface area contributed by atoms with Crippen molar-refractivity contribution in [3.63, 3.8) is 0 Å². The van der Waals surface area contributed by atoms with Crippen LogP contribution in [-0.2, 0) is 6.42 Å². The van der Waals surface area contributed by atoms with Gasteiger partial charge in [-0.2, -0.15) is 0 Å².